The Morgan fingerprint density at radius 3 is 2.37 bits per heavy atom. The average molecular weight is 732 g/mol. The second kappa shape index (κ2) is 13.2. The molecule has 3 aliphatic rings. The number of carbonyl (C=O) groups is 3. The van der Waals surface area contributed by atoms with Crippen LogP contribution in [0.25, 0.3) is 0 Å². The van der Waals surface area contributed by atoms with Crippen molar-refractivity contribution in [2.75, 3.05) is 20.2 Å². The van der Waals surface area contributed by atoms with Crippen LogP contribution in [0.4, 0.5) is 4.79 Å². The SMILES string of the molecule is COc1ccc(Cl)cc1S(=O)(=O)N1CC(NC(=O)OCc2ccccc2)C(=O)N2C(Cc3ccc(Br)cc3)C(=O)N(C3CC3)CC21. The van der Waals surface area contributed by atoms with Crippen molar-refractivity contribution in [1.82, 2.24) is 19.4 Å². The smallest absolute Gasteiger partial charge is 0.408 e. The molecule has 3 aromatic carbocycles. The van der Waals surface area contributed by atoms with Crippen molar-refractivity contribution in [1.29, 1.82) is 0 Å². The van der Waals surface area contributed by atoms with Crippen LogP contribution in [0.15, 0.2) is 82.2 Å². The van der Waals surface area contributed by atoms with Gasteiger partial charge in [0.15, 0.2) is 0 Å². The third-order valence-electron chi connectivity index (χ3n) is 8.38. The van der Waals surface area contributed by atoms with Gasteiger partial charge in [0.2, 0.25) is 21.8 Å². The summed E-state index contributed by atoms with van der Waals surface area (Å²) in [7, 11) is -3.05. The number of carbonyl (C=O) groups excluding carboxylic acids is 3. The van der Waals surface area contributed by atoms with Crippen LogP contribution in [0.5, 0.6) is 5.75 Å². The highest BCUT2D eigenvalue weighted by Crippen LogP contribution is 2.38. The number of hydrogen-bond donors (Lipinski definition) is 1. The standard InChI is InChI=1S/C32H32BrClN4O7S/c1-44-27-14-11-23(34)16-28(27)46(42,43)37-17-25(35-32(41)45-19-21-5-3-2-4-6-21)30(39)38-26(15-20-7-9-22(33)10-8-20)31(40)36(18-29(37)38)24-12-13-24/h2-11,14,16,24-26,29H,12-13,15,17-19H2,1H3,(H,35,41). The minimum Gasteiger partial charge on any atom is -0.495 e. The summed E-state index contributed by atoms with van der Waals surface area (Å²) in [5.74, 6) is -0.769. The van der Waals surface area contributed by atoms with Crippen molar-refractivity contribution >= 4 is 55.5 Å². The first kappa shape index (κ1) is 32.3. The molecule has 3 amide bonds. The average Bonchev–Trinajstić information content (AvgIpc) is 3.89. The van der Waals surface area contributed by atoms with E-state index in [4.69, 9.17) is 21.1 Å². The van der Waals surface area contributed by atoms with Gasteiger partial charge in [-0.25, -0.2) is 13.2 Å². The van der Waals surface area contributed by atoms with Gasteiger partial charge in [0, 0.05) is 28.5 Å². The molecule has 0 spiro atoms. The number of nitrogens with zero attached hydrogens (tertiary/aromatic N) is 3. The number of benzene rings is 3. The van der Waals surface area contributed by atoms with E-state index in [0.29, 0.717) is 0 Å². The lowest BCUT2D eigenvalue weighted by molar-refractivity contribution is -0.167. The van der Waals surface area contributed by atoms with E-state index in [-0.39, 0.29) is 47.2 Å². The van der Waals surface area contributed by atoms with Crippen LogP contribution < -0.4 is 10.1 Å². The zero-order valence-corrected chi connectivity index (χ0v) is 28.0. The monoisotopic (exact) mass is 730 g/mol. The Hall–Kier alpha value is -3.65. The molecule has 0 bridgehead atoms. The molecule has 2 heterocycles. The van der Waals surface area contributed by atoms with E-state index >= 15 is 0 Å². The maximum absolute atomic E-state index is 14.5. The van der Waals surface area contributed by atoms with Crippen LogP contribution in [-0.2, 0) is 37.4 Å². The molecule has 14 heteroatoms. The number of halogens is 2. The summed E-state index contributed by atoms with van der Waals surface area (Å²) >= 11 is 9.67. The first-order valence-electron chi connectivity index (χ1n) is 14.8. The van der Waals surface area contributed by atoms with Crippen LogP contribution in [-0.4, -0.2) is 84.9 Å². The molecule has 2 aliphatic heterocycles. The van der Waals surface area contributed by atoms with E-state index < -0.39 is 46.8 Å². The molecule has 46 heavy (non-hydrogen) atoms. The molecule has 242 valence electrons. The Morgan fingerprint density at radius 1 is 0.978 bits per heavy atom. The maximum atomic E-state index is 14.5. The second-order valence-corrected chi connectivity index (χ2v) is 14.6. The molecule has 3 unspecified atom stereocenters. The summed E-state index contributed by atoms with van der Waals surface area (Å²) in [5, 5.41) is 2.75. The highest BCUT2D eigenvalue weighted by atomic mass is 79.9. The molecule has 1 N–H and O–H groups in total. The van der Waals surface area contributed by atoms with Gasteiger partial charge >= 0.3 is 6.09 Å². The fraction of sp³-hybridized carbons (Fsp3) is 0.344. The number of amides is 3. The number of rotatable bonds is 9. The molecular formula is C32H32BrClN4O7S. The molecule has 11 nitrogen and oxygen atoms in total. The van der Waals surface area contributed by atoms with Gasteiger partial charge in [0.05, 0.1) is 13.7 Å². The van der Waals surface area contributed by atoms with Crippen molar-refractivity contribution in [3.63, 3.8) is 0 Å². The Labute approximate surface area is 280 Å². The summed E-state index contributed by atoms with van der Waals surface area (Å²) in [4.78, 5) is 44.1. The number of hydrogen-bond acceptors (Lipinski definition) is 7. The fourth-order valence-corrected chi connectivity index (χ4v) is 8.23. The zero-order valence-electron chi connectivity index (χ0n) is 24.8. The van der Waals surface area contributed by atoms with Gasteiger partial charge in [-0.05, 0) is 54.3 Å². The summed E-state index contributed by atoms with van der Waals surface area (Å²) in [6.45, 7) is -0.460. The van der Waals surface area contributed by atoms with Crippen molar-refractivity contribution in [2.24, 2.45) is 0 Å². The van der Waals surface area contributed by atoms with E-state index in [9.17, 15) is 22.8 Å². The maximum Gasteiger partial charge on any atom is 0.408 e. The summed E-state index contributed by atoms with van der Waals surface area (Å²) < 4.78 is 41.8. The van der Waals surface area contributed by atoms with Crippen molar-refractivity contribution in [3.8, 4) is 5.75 Å². The Bertz CT molecular complexity index is 1740. The summed E-state index contributed by atoms with van der Waals surface area (Å²) in [6, 6.07) is 18.2. The fourth-order valence-electron chi connectivity index (χ4n) is 5.96. The predicted molar refractivity (Wildman–Crippen MR) is 172 cm³/mol. The van der Waals surface area contributed by atoms with Crippen molar-refractivity contribution in [2.45, 2.75) is 55.1 Å². The molecule has 2 saturated heterocycles. The Kier molecular flexibility index (Phi) is 9.28. The second-order valence-electron chi connectivity index (χ2n) is 11.4. The van der Waals surface area contributed by atoms with Gasteiger partial charge in [-0.15, -0.1) is 0 Å². The molecule has 0 radical (unpaired) electrons. The number of alkyl carbamates (subject to hydrolysis) is 1. The number of fused-ring (bicyclic) bond motifs is 1. The van der Waals surface area contributed by atoms with Crippen LogP contribution in [0.3, 0.4) is 0 Å². The van der Waals surface area contributed by atoms with Gasteiger partial charge < -0.3 is 24.6 Å². The molecule has 3 aromatic rings. The predicted octanol–water partition coefficient (Wildman–Crippen LogP) is 4.18. The van der Waals surface area contributed by atoms with E-state index in [2.05, 4.69) is 21.2 Å². The van der Waals surface area contributed by atoms with E-state index in [1.54, 1.807) is 29.2 Å². The lowest BCUT2D eigenvalue weighted by Crippen LogP contribution is -2.76. The van der Waals surface area contributed by atoms with Gasteiger partial charge in [-0.3, -0.25) is 9.59 Å². The molecular weight excluding hydrogens is 700 g/mol. The number of ether oxygens (including phenoxy) is 2. The van der Waals surface area contributed by atoms with Crippen LogP contribution >= 0.6 is 27.5 Å². The molecule has 6 rings (SSSR count). The van der Waals surface area contributed by atoms with E-state index in [1.807, 2.05) is 30.3 Å². The highest BCUT2D eigenvalue weighted by Gasteiger charge is 2.56. The van der Waals surface area contributed by atoms with Gasteiger partial charge in [0.25, 0.3) is 0 Å². The van der Waals surface area contributed by atoms with Gasteiger partial charge in [-0.2, -0.15) is 4.31 Å². The lowest BCUT2D eigenvalue weighted by atomic mass is 9.97. The topological polar surface area (TPSA) is 126 Å². The molecule has 3 fully saturated rings. The largest absolute Gasteiger partial charge is 0.495 e. The van der Waals surface area contributed by atoms with Crippen molar-refractivity contribution in [3.05, 3.63) is 93.4 Å². The van der Waals surface area contributed by atoms with Crippen LogP contribution in [0, 0.1) is 0 Å². The number of nitrogens with one attached hydrogen (secondary N) is 1. The third-order valence-corrected chi connectivity index (χ3v) is 11.0. The van der Waals surface area contributed by atoms with Gasteiger partial charge in [0.1, 0.15) is 35.5 Å². The number of methoxy groups -OCH3 is 1. The lowest BCUT2D eigenvalue weighted by Gasteiger charge is -2.53. The normalized spacial score (nSPS) is 21.9. The van der Waals surface area contributed by atoms with Crippen molar-refractivity contribution < 1.29 is 32.3 Å². The van der Waals surface area contributed by atoms with E-state index in [0.717, 1.165) is 28.4 Å². The number of piperazine rings is 1. The summed E-state index contributed by atoms with van der Waals surface area (Å²) in [5.41, 5.74) is 1.52. The number of sulfonamides is 1. The van der Waals surface area contributed by atoms with Crippen LogP contribution in [0.1, 0.15) is 24.0 Å². The third kappa shape index (κ3) is 6.59. The Morgan fingerprint density at radius 2 is 1.70 bits per heavy atom. The first-order valence-corrected chi connectivity index (χ1v) is 17.4. The molecule has 1 saturated carbocycles. The molecule has 1 aliphatic carbocycles. The highest BCUT2D eigenvalue weighted by molar-refractivity contribution is 9.10. The van der Waals surface area contributed by atoms with Crippen LogP contribution in [0.2, 0.25) is 5.02 Å². The minimum atomic E-state index is -4.40. The summed E-state index contributed by atoms with van der Waals surface area (Å²) in [6.07, 6.45) is -0.200. The van der Waals surface area contributed by atoms with E-state index in [1.165, 1.54) is 34.5 Å². The molecule has 0 aromatic heterocycles. The Balaban J connectivity index is 1.38. The molecule has 3 atom stereocenters. The zero-order chi connectivity index (χ0) is 32.6. The van der Waals surface area contributed by atoms with Gasteiger partial charge in [-0.1, -0.05) is 70.0 Å². The first-order chi connectivity index (χ1) is 22.1. The quantitative estimate of drug-likeness (QED) is 0.350. The minimum absolute atomic E-state index is 0.0145.